The van der Waals surface area contributed by atoms with Crippen molar-refractivity contribution in [2.45, 2.75) is 16.8 Å². The summed E-state index contributed by atoms with van der Waals surface area (Å²) in [6, 6.07) is 8.32. The highest BCUT2D eigenvalue weighted by molar-refractivity contribution is 7.90. The molecule has 6 nitrogen and oxygen atoms in total. The number of halogens is 4. The number of tetrazole rings is 1. The molecular formula is C15H10F4N4O2S. The zero-order valence-electron chi connectivity index (χ0n) is 12.9. The summed E-state index contributed by atoms with van der Waals surface area (Å²) in [6.07, 6.45) is -4.57. The van der Waals surface area contributed by atoms with Gasteiger partial charge in [0, 0.05) is 0 Å². The van der Waals surface area contributed by atoms with E-state index in [1.165, 1.54) is 6.07 Å². The van der Waals surface area contributed by atoms with Gasteiger partial charge in [-0.3, -0.25) is 0 Å². The number of rotatable bonds is 4. The standard InChI is InChI=1S/C15H10F4N4O2S/c16-11-4-6-13(7-5-11)26(24,25)9-14-20-21-22-23(14)12-3-1-2-10(8-12)15(17,18)19/h1-8H,9H2. The third kappa shape index (κ3) is 3.72. The zero-order chi connectivity index (χ0) is 18.9. The van der Waals surface area contributed by atoms with Gasteiger partial charge in [-0.25, -0.2) is 12.8 Å². The lowest BCUT2D eigenvalue weighted by atomic mass is 10.2. The number of alkyl halides is 3. The fraction of sp³-hybridized carbons (Fsp3) is 0.133. The van der Waals surface area contributed by atoms with Crippen LogP contribution in [0.15, 0.2) is 53.4 Å². The third-order valence-electron chi connectivity index (χ3n) is 3.44. The maximum Gasteiger partial charge on any atom is 0.416 e. The molecule has 0 aliphatic heterocycles. The van der Waals surface area contributed by atoms with Gasteiger partial charge in [-0.15, -0.1) is 5.10 Å². The first-order valence-corrected chi connectivity index (χ1v) is 8.75. The molecule has 3 aromatic rings. The van der Waals surface area contributed by atoms with Crippen LogP contribution >= 0.6 is 0 Å². The Morgan fingerprint density at radius 1 is 1.04 bits per heavy atom. The van der Waals surface area contributed by atoms with Crippen LogP contribution in [0.4, 0.5) is 17.6 Å². The lowest BCUT2D eigenvalue weighted by molar-refractivity contribution is -0.137. The van der Waals surface area contributed by atoms with E-state index in [1.807, 2.05) is 0 Å². The predicted molar refractivity (Wildman–Crippen MR) is 81.4 cm³/mol. The lowest BCUT2D eigenvalue weighted by Gasteiger charge is -2.10. The van der Waals surface area contributed by atoms with E-state index in [4.69, 9.17) is 0 Å². The third-order valence-corrected chi connectivity index (χ3v) is 5.07. The Labute approximate surface area is 145 Å². The Kier molecular flexibility index (Phi) is 4.48. The first-order chi connectivity index (χ1) is 12.2. The molecule has 0 saturated heterocycles. The minimum Gasteiger partial charge on any atom is -0.223 e. The summed E-state index contributed by atoms with van der Waals surface area (Å²) in [5, 5.41) is 10.5. The first kappa shape index (κ1) is 18.0. The van der Waals surface area contributed by atoms with Gasteiger partial charge >= 0.3 is 6.18 Å². The normalized spacial score (nSPS) is 12.3. The molecule has 3 rings (SSSR count). The van der Waals surface area contributed by atoms with Gasteiger partial charge in [-0.1, -0.05) is 6.07 Å². The fourth-order valence-electron chi connectivity index (χ4n) is 2.21. The SMILES string of the molecule is O=S(=O)(Cc1nnnn1-c1cccc(C(F)(F)F)c1)c1ccc(F)cc1. The molecule has 0 spiro atoms. The second-order valence-electron chi connectivity index (χ2n) is 5.27. The van der Waals surface area contributed by atoms with Crippen molar-refractivity contribution in [3.8, 4) is 5.69 Å². The molecule has 0 N–H and O–H groups in total. The van der Waals surface area contributed by atoms with Crippen LogP contribution in [0.3, 0.4) is 0 Å². The number of hydrogen-bond donors (Lipinski definition) is 0. The van der Waals surface area contributed by atoms with Crippen molar-refractivity contribution >= 4 is 9.84 Å². The number of nitrogens with zero attached hydrogens (tertiary/aromatic N) is 4. The number of hydrogen-bond acceptors (Lipinski definition) is 5. The van der Waals surface area contributed by atoms with Gasteiger partial charge in [-0.05, 0) is 52.9 Å². The second-order valence-corrected chi connectivity index (χ2v) is 7.26. The van der Waals surface area contributed by atoms with Crippen molar-refractivity contribution in [3.05, 3.63) is 65.7 Å². The van der Waals surface area contributed by atoms with Crippen LogP contribution in [0.1, 0.15) is 11.4 Å². The van der Waals surface area contributed by atoms with Crippen LogP contribution in [0.5, 0.6) is 0 Å². The Hall–Kier alpha value is -2.82. The van der Waals surface area contributed by atoms with Crippen molar-refractivity contribution in [2.24, 2.45) is 0 Å². The van der Waals surface area contributed by atoms with E-state index >= 15 is 0 Å². The topological polar surface area (TPSA) is 77.7 Å². The Bertz CT molecular complexity index is 1030. The molecule has 0 unspecified atom stereocenters. The van der Waals surface area contributed by atoms with Gasteiger partial charge in [0.25, 0.3) is 0 Å². The summed E-state index contributed by atoms with van der Waals surface area (Å²) in [5.41, 5.74) is -0.952. The van der Waals surface area contributed by atoms with Crippen LogP contribution in [0, 0.1) is 5.82 Å². The molecule has 1 aromatic heterocycles. The molecule has 11 heteroatoms. The average molecular weight is 386 g/mol. The van der Waals surface area contributed by atoms with E-state index in [2.05, 4.69) is 15.5 Å². The minimum atomic E-state index is -4.57. The molecule has 0 aliphatic carbocycles. The zero-order valence-corrected chi connectivity index (χ0v) is 13.7. The molecule has 2 aromatic carbocycles. The van der Waals surface area contributed by atoms with Crippen LogP contribution in [0.2, 0.25) is 0 Å². The molecule has 0 saturated carbocycles. The number of sulfone groups is 1. The quantitative estimate of drug-likeness (QED) is 0.509. The molecule has 26 heavy (non-hydrogen) atoms. The molecule has 0 radical (unpaired) electrons. The number of aromatic nitrogens is 4. The van der Waals surface area contributed by atoms with E-state index in [9.17, 15) is 26.0 Å². The van der Waals surface area contributed by atoms with Gasteiger partial charge < -0.3 is 0 Å². The highest BCUT2D eigenvalue weighted by Gasteiger charge is 2.31. The van der Waals surface area contributed by atoms with Gasteiger partial charge in [0.2, 0.25) is 0 Å². The molecule has 0 fully saturated rings. The number of benzene rings is 2. The Morgan fingerprint density at radius 2 is 1.73 bits per heavy atom. The Balaban J connectivity index is 1.96. The molecule has 0 amide bonds. The van der Waals surface area contributed by atoms with Gasteiger partial charge in [-0.2, -0.15) is 17.9 Å². The average Bonchev–Trinajstić information content (AvgIpc) is 3.02. The van der Waals surface area contributed by atoms with Crippen LogP contribution < -0.4 is 0 Å². The second kappa shape index (κ2) is 6.48. The van der Waals surface area contributed by atoms with Crippen LogP contribution in [0.25, 0.3) is 5.69 Å². The summed E-state index contributed by atoms with van der Waals surface area (Å²) in [7, 11) is -3.92. The molecule has 0 bridgehead atoms. The van der Waals surface area contributed by atoms with Crippen molar-refractivity contribution in [1.82, 2.24) is 20.2 Å². The largest absolute Gasteiger partial charge is 0.416 e. The van der Waals surface area contributed by atoms with Crippen LogP contribution in [-0.4, -0.2) is 28.6 Å². The summed E-state index contributed by atoms with van der Waals surface area (Å²) < 4.78 is 77.2. The molecule has 136 valence electrons. The summed E-state index contributed by atoms with van der Waals surface area (Å²) in [4.78, 5) is -0.155. The summed E-state index contributed by atoms with van der Waals surface area (Å²) >= 11 is 0. The molecule has 0 aliphatic rings. The van der Waals surface area contributed by atoms with Gasteiger partial charge in [0.05, 0.1) is 16.1 Å². The van der Waals surface area contributed by atoms with E-state index in [0.29, 0.717) is 0 Å². The van der Waals surface area contributed by atoms with Crippen molar-refractivity contribution in [3.63, 3.8) is 0 Å². The molecule has 0 atom stereocenters. The van der Waals surface area contributed by atoms with Gasteiger partial charge in [0.1, 0.15) is 11.6 Å². The monoisotopic (exact) mass is 386 g/mol. The maximum atomic E-state index is 12.9. The maximum absolute atomic E-state index is 12.9. The van der Waals surface area contributed by atoms with E-state index < -0.39 is 33.1 Å². The first-order valence-electron chi connectivity index (χ1n) is 7.10. The highest BCUT2D eigenvalue weighted by Crippen LogP contribution is 2.30. The van der Waals surface area contributed by atoms with Crippen molar-refractivity contribution < 1.29 is 26.0 Å². The Morgan fingerprint density at radius 3 is 2.38 bits per heavy atom. The highest BCUT2D eigenvalue weighted by atomic mass is 32.2. The summed E-state index contributed by atoms with van der Waals surface area (Å²) in [6.45, 7) is 0. The van der Waals surface area contributed by atoms with Crippen LogP contribution in [-0.2, 0) is 21.8 Å². The fourth-order valence-corrected chi connectivity index (χ4v) is 3.44. The lowest BCUT2D eigenvalue weighted by Crippen LogP contribution is -2.12. The van der Waals surface area contributed by atoms with Crippen molar-refractivity contribution in [1.29, 1.82) is 0 Å². The predicted octanol–water partition coefficient (Wildman–Crippen LogP) is 2.79. The molecule has 1 heterocycles. The van der Waals surface area contributed by atoms with Gasteiger partial charge in [0.15, 0.2) is 15.7 Å². The smallest absolute Gasteiger partial charge is 0.223 e. The van der Waals surface area contributed by atoms with E-state index in [-0.39, 0.29) is 16.4 Å². The summed E-state index contributed by atoms with van der Waals surface area (Å²) in [5.74, 6) is -1.44. The van der Waals surface area contributed by atoms with E-state index in [0.717, 1.165) is 47.1 Å². The molecular weight excluding hydrogens is 376 g/mol. The van der Waals surface area contributed by atoms with E-state index in [1.54, 1.807) is 0 Å². The van der Waals surface area contributed by atoms with Crippen molar-refractivity contribution in [2.75, 3.05) is 0 Å². The minimum absolute atomic E-state index is 0.0332.